The van der Waals surface area contributed by atoms with Crippen molar-refractivity contribution in [2.45, 2.75) is 13.0 Å². The molecule has 0 spiro atoms. The van der Waals surface area contributed by atoms with Gasteiger partial charge in [0.1, 0.15) is 0 Å². The van der Waals surface area contributed by atoms with Crippen LogP contribution in [0.25, 0.3) is 11.1 Å². The van der Waals surface area contributed by atoms with Crippen LogP contribution in [0.4, 0.5) is 0 Å². The van der Waals surface area contributed by atoms with Crippen LogP contribution in [0.2, 0.25) is 0 Å². The minimum Gasteiger partial charge on any atom is -0.329 e. The van der Waals surface area contributed by atoms with Gasteiger partial charge >= 0.3 is 0 Å². The molecule has 2 heteroatoms. The molecule has 0 aliphatic heterocycles. The van der Waals surface area contributed by atoms with E-state index < -0.39 is 0 Å². The first-order valence-corrected chi connectivity index (χ1v) is 5.84. The van der Waals surface area contributed by atoms with E-state index in [2.05, 4.69) is 37.3 Å². The molecule has 0 aliphatic carbocycles. The van der Waals surface area contributed by atoms with Gasteiger partial charge in [-0.15, -0.1) is 0 Å². The minimum absolute atomic E-state index is 0.0843. The summed E-state index contributed by atoms with van der Waals surface area (Å²) in [6, 6.07) is 16.6. The zero-order valence-electron chi connectivity index (χ0n) is 10.1. The van der Waals surface area contributed by atoms with Gasteiger partial charge in [0.15, 0.2) is 0 Å². The van der Waals surface area contributed by atoms with E-state index in [0.717, 1.165) is 5.56 Å². The third-order valence-corrected chi connectivity index (χ3v) is 3.02. The summed E-state index contributed by atoms with van der Waals surface area (Å²) in [4.78, 5) is 0. The highest BCUT2D eigenvalue weighted by molar-refractivity contribution is 5.67. The fourth-order valence-corrected chi connectivity index (χ4v) is 1.97. The van der Waals surface area contributed by atoms with Crippen LogP contribution in [0.5, 0.6) is 0 Å². The normalized spacial score (nSPS) is 12.4. The molecule has 4 N–H and O–H groups in total. The van der Waals surface area contributed by atoms with Gasteiger partial charge < -0.3 is 11.5 Å². The number of rotatable bonds is 3. The van der Waals surface area contributed by atoms with Crippen molar-refractivity contribution in [3.8, 4) is 11.1 Å². The lowest BCUT2D eigenvalue weighted by atomic mass is 9.97. The third kappa shape index (κ3) is 2.54. The Morgan fingerprint density at radius 3 is 2.53 bits per heavy atom. The molecule has 17 heavy (non-hydrogen) atoms. The van der Waals surface area contributed by atoms with E-state index in [4.69, 9.17) is 11.5 Å². The average molecular weight is 226 g/mol. The van der Waals surface area contributed by atoms with Crippen LogP contribution in [-0.2, 0) is 0 Å². The van der Waals surface area contributed by atoms with E-state index in [9.17, 15) is 0 Å². The molecule has 2 nitrogen and oxygen atoms in total. The van der Waals surface area contributed by atoms with Crippen molar-refractivity contribution in [3.05, 3.63) is 59.7 Å². The second kappa shape index (κ2) is 5.13. The molecular formula is C15H18N2. The van der Waals surface area contributed by atoms with E-state index in [1.54, 1.807) is 0 Å². The van der Waals surface area contributed by atoms with E-state index in [-0.39, 0.29) is 6.04 Å². The van der Waals surface area contributed by atoms with E-state index >= 15 is 0 Å². The second-order valence-corrected chi connectivity index (χ2v) is 4.28. The Bertz CT molecular complexity index is 506. The monoisotopic (exact) mass is 226 g/mol. The van der Waals surface area contributed by atoms with Gasteiger partial charge in [-0.05, 0) is 35.2 Å². The molecule has 0 aromatic heterocycles. The Labute approximate surface area is 102 Å². The molecule has 0 heterocycles. The topological polar surface area (TPSA) is 52.0 Å². The first-order valence-electron chi connectivity index (χ1n) is 5.84. The maximum Gasteiger partial charge on any atom is 0.0419 e. The predicted octanol–water partition coefficient (Wildman–Crippen LogP) is 2.62. The zero-order chi connectivity index (χ0) is 12.3. The van der Waals surface area contributed by atoms with Gasteiger partial charge in [0.25, 0.3) is 0 Å². The molecule has 0 amide bonds. The quantitative estimate of drug-likeness (QED) is 0.845. The Hall–Kier alpha value is -1.64. The van der Waals surface area contributed by atoms with Gasteiger partial charge in [-0.2, -0.15) is 0 Å². The maximum atomic E-state index is 5.95. The van der Waals surface area contributed by atoms with Crippen LogP contribution in [0.15, 0.2) is 48.5 Å². The summed E-state index contributed by atoms with van der Waals surface area (Å²) in [5.41, 5.74) is 16.4. The fraction of sp³-hybridized carbons (Fsp3) is 0.200. The van der Waals surface area contributed by atoms with Gasteiger partial charge in [-0.1, -0.05) is 42.5 Å². The molecule has 0 unspecified atom stereocenters. The zero-order valence-corrected chi connectivity index (χ0v) is 10.1. The molecule has 88 valence electrons. The van der Waals surface area contributed by atoms with Crippen LogP contribution < -0.4 is 11.5 Å². The Kier molecular flexibility index (Phi) is 3.57. The third-order valence-electron chi connectivity index (χ3n) is 3.02. The van der Waals surface area contributed by atoms with E-state index in [1.165, 1.54) is 16.7 Å². The largest absolute Gasteiger partial charge is 0.329 e. The van der Waals surface area contributed by atoms with E-state index in [1.807, 2.05) is 18.2 Å². The Balaban J connectivity index is 2.43. The highest BCUT2D eigenvalue weighted by Crippen LogP contribution is 2.25. The minimum atomic E-state index is -0.0843. The molecule has 0 saturated carbocycles. The Morgan fingerprint density at radius 1 is 1.06 bits per heavy atom. The highest BCUT2D eigenvalue weighted by Gasteiger charge is 2.06. The van der Waals surface area contributed by atoms with Crippen molar-refractivity contribution >= 4 is 0 Å². The average Bonchev–Trinajstić information content (AvgIpc) is 2.38. The number of hydrogen-bond donors (Lipinski definition) is 2. The molecule has 2 aromatic carbocycles. The smallest absolute Gasteiger partial charge is 0.0419 e. The van der Waals surface area contributed by atoms with Crippen LogP contribution in [0, 0.1) is 6.92 Å². The highest BCUT2D eigenvalue weighted by atomic mass is 14.7. The molecule has 1 atom stereocenters. The summed E-state index contributed by atoms with van der Waals surface area (Å²) < 4.78 is 0. The summed E-state index contributed by atoms with van der Waals surface area (Å²) in [6.45, 7) is 2.59. The molecule has 0 aliphatic rings. The fourth-order valence-electron chi connectivity index (χ4n) is 1.97. The van der Waals surface area contributed by atoms with Crippen molar-refractivity contribution < 1.29 is 0 Å². The molecule has 0 bridgehead atoms. The second-order valence-electron chi connectivity index (χ2n) is 4.28. The number of benzene rings is 2. The van der Waals surface area contributed by atoms with Gasteiger partial charge in [0.2, 0.25) is 0 Å². The first-order chi connectivity index (χ1) is 8.22. The molecule has 0 radical (unpaired) electrons. The summed E-state index contributed by atoms with van der Waals surface area (Å²) in [5, 5.41) is 0. The van der Waals surface area contributed by atoms with Crippen molar-refractivity contribution in [1.82, 2.24) is 0 Å². The van der Waals surface area contributed by atoms with Gasteiger partial charge in [-0.3, -0.25) is 0 Å². The van der Waals surface area contributed by atoms with Crippen LogP contribution in [0.1, 0.15) is 17.2 Å². The summed E-state index contributed by atoms with van der Waals surface area (Å²) in [5.74, 6) is 0. The van der Waals surface area contributed by atoms with Gasteiger partial charge in [0.05, 0.1) is 0 Å². The molecule has 0 saturated heterocycles. The lowest BCUT2D eigenvalue weighted by molar-refractivity contribution is 0.737. The maximum absolute atomic E-state index is 5.95. The van der Waals surface area contributed by atoms with Crippen molar-refractivity contribution in [1.29, 1.82) is 0 Å². The lowest BCUT2D eigenvalue weighted by Crippen LogP contribution is -2.20. The number of aryl methyl sites for hydroxylation is 1. The SMILES string of the molecule is Cc1ccccc1-c1cccc([C@H](N)CN)c1. The predicted molar refractivity (Wildman–Crippen MR) is 72.6 cm³/mol. The molecule has 2 rings (SSSR count). The van der Waals surface area contributed by atoms with Crippen molar-refractivity contribution in [2.75, 3.05) is 6.54 Å². The number of hydrogen-bond acceptors (Lipinski definition) is 2. The van der Waals surface area contributed by atoms with Crippen molar-refractivity contribution in [2.24, 2.45) is 11.5 Å². The summed E-state index contributed by atoms with van der Waals surface area (Å²) in [7, 11) is 0. The van der Waals surface area contributed by atoms with Crippen LogP contribution in [0.3, 0.4) is 0 Å². The van der Waals surface area contributed by atoms with Crippen molar-refractivity contribution in [3.63, 3.8) is 0 Å². The van der Waals surface area contributed by atoms with Crippen LogP contribution in [-0.4, -0.2) is 6.54 Å². The molecular weight excluding hydrogens is 208 g/mol. The van der Waals surface area contributed by atoms with Gasteiger partial charge in [-0.25, -0.2) is 0 Å². The number of nitrogens with two attached hydrogens (primary N) is 2. The van der Waals surface area contributed by atoms with Gasteiger partial charge in [0, 0.05) is 12.6 Å². The first kappa shape index (κ1) is 11.8. The standard InChI is InChI=1S/C15H18N2/c1-11-5-2-3-8-14(11)12-6-4-7-13(9-12)15(17)10-16/h2-9,15H,10,16-17H2,1H3/t15-/m1/s1. The molecule has 0 fully saturated rings. The lowest BCUT2D eigenvalue weighted by Gasteiger charge is -2.12. The molecule has 2 aromatic rings. The Morgan fingerprint density at radius 2 is 1.82 bits per heavy atom. The van der Waals surface area contributed by atoms with Crippen LogP contribution >= 0.6 is 0 Å². The van der Waals surface area contributed by atoms with E-state index in [0.29, 0.717) is 6.54 Å². The summed E-state index contributed by atoms with van der Waals surface area (Å²) >= 11 is 0. The summed E-state index contributed by atoms with van der Waals surface area (Å²) in [6.07, 6.45) is 0.